The van der Waals surface area contributed by atoms with Crippen molar-refractivity contribution in [1.29, 1.82) is 0 Å². The molecule has 0 radical (unpaired) electrons. The largest absolute Gasteiger partial charge is 0.488 e. The second kappa shape index (κ2) is 8.39. The second-order valence-corrected chi connectivity index (χ2v) is 9.23. The zero-order valence-electron chi connectivity index (χ0n) is 16.1. The summed E-state index contributed by atoms with van der Waals surface area (Å²) in [4.78, 5) is 12.8. The number of para-hydroxylation sites is 1. The van der Waals surface area contributed by atoms with E-state index >= 15 is 0 Å². The third-order valence-corrected chi connectivity index (χ3v) is 7.15. The van der Waals surface area contributed by atoms with Gasteiger partial charge in [0.1, 0.15) is 12.4 Å². The SMILES string of the molecule is O=C(Nc1ccc(S(=O)(=O)N2CCCCCC2)cc1)C1=Cc2ccccc2OC1. The van der Waals surface area contributed by atoms with Crippen molar-refractivity contribution in [2.75, 3.05) is 25.0 Å². The fraction of sp³-hybridized carbons (Fsp3) is 0.318. The zero-order valence-corrected chi connectivity index (χ0v) is 17.0. The van der Waals surface area contributed by atoms with Crippen LogP contribution in [-0.2, 0) is 14.8 Å². The molecule has 2 aromatic rings. The summed E-state index contributed by atoms with van der Waals surface area (Å²) in [6, 6.07) is 13.9. The smallest absolute Gasteiger partial charge is 0.255 e. The summed E-state index contributed by atoms with van der Waals surface area (Å²) in [5, 5.41) is 2.81. The van der Waals surface area contributed by atoms with Crippen LogP contribution in [0.15, 0.2) is 59.0 Å². The average molecular weight is 413 g/mol. The lowest BCUT2D eigenvalue weighted by molar-refractivity contribution is -0.113. The number of amides is 1. The Bertz CT molecular complexity index is 1020. The predicted molar refractivity (Wildman–Crippen MR) is 112 cm³/mol. The summed E-state index contributed by atoms with van der Waals surface area (Å²) in [6.07, 6.45) is 5.75. The Morgan fingerprint density at radius 1 is 0.931 bits per heavy atom. The quantitative estimate of drug-likeness (QED) is 0.831. The number of sulfonamides is 1. The molecule has 29 heavy (non-hydrogen) atoms. The van der Waals surface area contributed by atoms with Crippen molar-refractivity contribution >= 4 is 27.7 Å². The molecule has 2 heterocycles. The highest BCUT2D eigenvalue weighted by atomic mass is 32.2. The molecule has 152 valence electrons. The van der Waals surface area contributed by atoms with E-state index in [9.17, 15) is 13.2 Å². The third kappa shape index (κ3) is 4.36. The van der Waals surface area contributed by atoms with Crippen LogP contribution >= 0.6 is 0 Å². The van der Waals surface area contributed by atoms with E-state index in [1.54, 1.807) is 28.6 Å². The van der Waals surface area contributed by atoms with Gasteiger partial charge < -0.3 is 10.1 Å². The first-order valence-corrected chi connectivity index (χ1v) is 11.3. The molecular formula is C22H24N2O4S. The van der Waals surface area contributed by atoms with Gasteiger partial charge in [0.15, 0.2) is 0 Å². The number of fused-ring (bicyclic) bond motifs is 1. The molecule has 0 saturated carbocycles. The van der Waals surface area contributed by atoms with Gasteiger partial charge in [-0.3, -0.25) is 4.79 Å². The number of hydrogen-bond donors (Lipinski definition) is 1. The van der Waals surface area contributed by atoms with Crippen molar-refractivity contribution in [2.45, 2.75) is 30.6 Å². The van der Waals surface area contributed by atoms with Gasteiger partial charge in [-0.15, -0.1) is 0 Å². The number of anilines is 1. The van der Waals surface area contributed by atoms with E-state index in [1.165, 1.54) is 0 Å². The van der Waals surface area contributed by atoms with E-state index in [0.29, 0.717) is 24.4 Å². The first kappa shape index (κ1) is 19.7. The van der Waals surface area contributed by atoms with Crippen LogP contribution < -0.4 is 10.1 Å². The van der Waals surface area contributed by atoms with Crippen LogP contribution in [0.25, 0.3) is 6.08 Å². The van der Waals surface area contributed by atoms with E-state index in [2.05, 4.69) is 5.32 Å². The van der Waals surface area contributed by atoms with Crippen LogP contribution in [-0.4, -0.2) is 38.3 Å². The number of nitrogens with zero attached hydrogens (tertiary/aromatic N) is 1. The molecule has 1 amide bonds. The summed E-state index contributed by atoms with van der Waals surface area (Å²) in [6.45, 7) is 1.33. The standard InChI is InChI=1S/C22H24N2O4S/c25-22(18-15-17-7-3-4-8-21(17)28-16-18)23-19-9-11-20(12-10-19)29(26,27)24-13-5-1-2-6-14-24/h3-4,7-12,15H,1-2,5-6,13-14,16H2,(H,23,25). The fourth-order valence-electron chi connectivity index (χ4n) is 3.60. The van der Waals surface area contributed by atoms with Gasteiger partial charge in [-0.1, -0.05) is 31.0 Å². The number of hydrogen-bond acceptors (Lipinski definition) is 4. The second-order valence-electron chi connectivity index (χ2n) is 7.29. The molecule has 6 nitrogen and oxygen atoms in total. The molecule has 0 unspecified atom stereocenters. The molecule has 4 rings (SSSR count). The molecular weight excluding hydrogens is 388 g/mol. The van der Waals surface area contributed by atoms with Gasteiger partial charge in [0.25, 0.3) is 5.91 Å². The maximum absolute atomic E-state index is 12.9. The fourth-order valence-corrected chi connectivity index (χ4v) is 5.12. The van der Waals surface area contributed by atoms with Crippen LogP contribution in [0, 0.1) is 0 Å². The van der Waals surface area contributed by atoms with Gasteiger partial charge in [-0.05, 0) is 49.2 Å². The highest BCUT2D eigenvalue weighted by Gasteiger charge is 2.25. The van der Waals surface area contributed by atoms with Crippen molar-refractivity contribution in [1.82, 2.24) is 4.31 Å². The molecule has 7 heteroatoms. The van der Waals surface area contributed by atoms with Crippen molar-refractivity contribution < 1.29 is 17.9 Å². The molecule has 1 saturated heterocycles. The maximum Gasteiger partial charge on any atom is 0.255 e. The van der Waals surface area contributed by atoms with E-state index in [0.717, 1.165) is 37.0 Å². The van der Waals surface area contributed by atoms with Crippen molar-refractivity contribution in [3.8, 4) is 5.75 Å². The van der Waals surface area contributed by atoms with Gasteiger partial charge in [-0.2, -0.15) is 4.31 Å². The van der Waals surface area contributed by atoms with Crippen LogP contribution in [0.2, 0.25) is 0 Å². The molecule has 1 N–H and O–H groups in total. The number of carbonyl (C=O) groups excluding carboxylic acids is 1. The Balaban J connectivity index is 1.46. The minimum absolute atomic E-state index is 0.199. The molecule has 0 atom stereocenters. The molecule has 0 aliphatic carbocycles. The summed E-state index contributed by atoms with van der Waals surface area (Å²) >= 11 is 0. The van der Waals surface area contributed by atoms with Crippen LogP contribution in [0.4, 0.5) is 5.69 Å². The summed E-state index contributed by atoms with van der Waals surface area (Å²) in [5.41, 5.74) is 1.93. The molecule has 0 spiro atoms. The van der Waals surface area contributed by atoms with Crippen molar-refractivity contribution in [2.24, 2.45) is 0 Å². The Morgan fingerprint density at radius 2 is 1.62 bits per heavy atom. The highest BCUT2D eigenvalue weighted by molar-refractivity contribution is 7.89. The molecule has 2 aliphatic heterocycles. The van der Waals surface area contributed by atoms with E-state index in [4.69, 9.17) is 4.74 Å². The van der Waals surface area contributed by atoms with Gasteiger partial charge in [0.2, 0.25) is 10.0 Å². The van der Waals surface area contributed by atoms with Crippen LogP contribution in [0.3, 0.4) is 0 Å². The number of benzene rings is 2. The van der Waals surface area contributed by atoms with Crippen LogP contribution in [0.5, 0.6) is 5.75 Å². The highest BCUT2D eigenvalue weighted by Crippen LogP contribution is 2.27. The first-order chi connectivity index (χ1) is 14.0. The number of ether oxygens (including phenoxy) is 1. The van der Waals surface area contributed by atoms with Crippen molar-refractivity contribution in [3.05, 3.63) is 59.7 Å². The normalized spacial score (nSPS) is 17.4. The summed E-state index contributed by atoms with van der Waals surface area (Å²) in [7, 11) is -3.50. The Labute approximate surface area is 171 Å². The Kier molecular flexibility index (Phi) is 5.69. The van der Waals surface area contributed by atoms with E-state index in [1.807, 2.05) is 30.3 Å². The lowest BCUT2D eigenvalue weighted by Gasteiger charge is -2.20. The van der Waals surface area contributed by atoms with Crippen LogP contribution in [0.1, 0.15) is 31.2 Å². The predicted octanol–water partition coefficient (Wildman–Crippen LogP) is 3.67. The minimum Gasteiger partial charge on any atom is -0.488 e. The van der Waals surface area contributed by atoms with Gasteiger partial charge in [0, 0.05) is 24.3 Å². The van der Waals surface area contributed by atoms with Gasteiger partial charge in [0.05, 0.1) is 10.5 Å². The van der Waals surface area contributed by atoms with E-state index < -0.39 is 10.0 Å². The van der Waals surface area contributed by atoms with Gasteiger partial charge >= 0.3 is 0 Å². The lowest BCUT2D eigenvalue weighted by Crippen LogP contribution is -2.31. The van der Waals surface area contributed by atoms with Crippen molar-refractivity contribution in [3.63, 3.8) is 0 Å². The van der Waals surface area contributed by atoms with E-state index in [-0.39, 0.29) is 17.4 Å². The Hall–Kier alpha value is -2.64. The number of carbonyl (C=O) groups is 1. The number of rotatable bonds is 4. The Morgan fingerprint density at radius 3 is 2.34 bits per heavy atom. The molecule has 0 bridgehead atoms. The summed E-state index contributed by atoms with van der Waals surface area (Å²) < 4.78 is 32.9. The number of nitrogens with one attached hydrogen (secondary N) is 1. The maximum atomic E-state index is 12.9. The van der Waals surface area contributed by atoms with Gasteiger partial charge in [-0.25, -0.2) is 8.42 Å². The molecule has 0 aromatic heterocycles. The minimum atomic E-state index is -3.50. The molecule has 1 fully saturated rings. The third-order valence-electron chi connectivity index (χ3n) is 5.24. The monoisotopic (exact) mass is 412 g/mol. The molecule has 2 aliphatic rings. The topological polar surface area (TPSA) is 75.7 Å². The average Bonchev–Trinajstić information content (AvgIpc) is 3.04. The first-order valence-electron chi connectivity index (χ1n) is 9.88. The lowest BCUT2D eigenvalue weighted by atomic mass is 10.1. The zero-order chi connectivity index (χ0) is 20.3. The summed E-state index contributed by atoms with van der Waals surface area (Å²) in [5.74, 6) is 0.495. The molecule has 2 aromatic carbocycles.